The van der Waals surface area contributed by atoms with Gasteiger partial charge in [-0.3, -0.25) is 0 Å². The number of nitrogens with one attached hydrogen (secondary N) is 1. The van der Waals surface area contributed by atoms with Crippen LogP contribution >= 0.6 is 0 Å². The van der Waals surface area contributed by atoms with Gasteiger partial charge in [0.1, 0.15) is 0 Å². The molecule has 3 heterocycles. The van der Waals surface area contributed by atoms with Gasteiger partial charge in [-0.15, -0.1) is 0 Å². The number of aromatic nitrogens is 3. The average molecular weight is 329 g/mol. The second-order valence-electron chi connectivity index (χ2n) is 5.86. The molecule has 24 heavy (non-hydrogen) atoms. The molecule has 2 aromatic heterocycles. The fourth-order valence-electron chi connectivity index (χ4n) is 2.85. The molecule has 0 saturated carbocycles. The normalized spacial score (nSPS) is 17.0. The molecule has 1 atom stereocenters. The lowest BCUT2D eigenvalue weighted by Gasteiger charge is -2.24. The van der Waals surface area contributed by atoms with E-state index in [1.807, 2.05) is 36.2 Å². The first-order valence-corrected chi connectivity index (χ1v) is 8.32. The summed E-state index contributed by atoms with van der Waals surface area (Å²) in [5.41, 5.74) is 0.926. The maximum atomic E-state index is 12.5. The lowest BCUT2D eigenvalue weighted by molar-refractivity contribution is 0.166. The number of amides is 2. The molecule has 0 bridgehead atoms. The number of carbonyl (C=O) groups excluding carboxylic acids is 1. The monoisotopic (exact) mass is 329 g/mol. The molecular weight excluding hydrogens is 306 g/mol. The molecule has 1 fully saturated rings. The third-order valence-corrected chi connectivity index (χ3v) is 4.19. The molecule has 0 spiro atoms. The summed E-state index contributed by atoms with van der Waals surface area (Å²) in [5.74, 6) is 1.17. The van der Waals surface area contributed by atoms with E-state index in [0.29, 0.717) is 19.0 Å². The topological polar surface area (TPSA) is 72.3 Å². The summed E-state index contributed by atoms with van der Waals surface area (Å²) in [6.07, 6.45) is 6.29. The van der Waals surface area contributed by atoms with E-state index in [1.165, 1.54) is 0 Å². The summed E-state index contributed by atoms with van der Waals surface area (Å²) in [7, 11) is 0. The number of ether oxygens (including phenoxy) is 1. The van der Waals surface area contributed by atoms with Crippen LogP contribution in [0.2, 0.25) is 0 Å². The van der Waals surface area contributed by atoms with Crippen molar-refractivity contribution in [2.45, 2.75) is 19.9 Å². The molecule has 7 nitrogen and oxygen atoms in total. The van der Waals surface area contributed by atoms with E-state index in [1.54, 1.807) is 17.1 Å². The van der Waals surface area contributed by atoms with E-state index in [9.17, 15) is 4.79 Å². The highest BCUT2D eigenvalue weighted by atomic mass is 16.5. The van der Waals surface area contributed by atoms with Crippen molar-refractivity contribution >= 4 is 6.03 Å². The summed E-state index contributed by atoms with van der Waals surface area (Å²) >= 11 is 0. The molecule has 128 valence electrons. The van der Waals surface area contributed by atoms with Gasteiger partial charge in [-0.1, -0.05) is 6.07 Å². The van der Waals surface area contributed by atoms with Gasteiger partial charge in [-0.05, 0) is 25.5 Å². The van der Waals surface area contributed by atoms with E-state index in [0.717, 1.165) is 37.6 Å². The molecule has 1 aliphatic rings. The Morgan fingerprint density at radius 2 is 2.38 bits per heavy atom. The van der Waals surface area contributed by atoms with Crippen LogP contribution in [-0.4, -0.2) is 52.0 Å². The number of carbonyl (C=O) groups is 1. The number of pyridine rings is 1. The Hall–Kier alpha value is -2.41. The van der Waals surface area contributed by atoms with Crippen LogP contribution in [0.4, 0.5) is 4.79 Å². The minimum Gasteiger partial charge on any atom is -0.381 e. The van der Waals surface area contributed by atoms with Crippen LogP contribution in [0.5, 0.6) is 0 Å². The van der Waals surface area contributed by atoms with E-state index < -0.39 is 0 Å². The second kappa shape index (κ2) is 7.92. The minimum absolute atomic E-state index is 0.0559. The third-order valence-electron chi connectivity index (χ3n) is 4.19. The van der Waals surface area contributed by atoms with Gasteiger partial charge in [0, 0.05) is 56.3 Å². The minimum atomic E-state index is -0.0559. The summed E-state index contributed by atoms with van der Waals surface area (Å²) in [5, 5.41) is 7.20. The van der Waals surface area contributed by atoms with Crippen molar-refractivity contribution in [3.8, 4) is 5.82 Å². The van der Waals surface area contributed by atoms with Crippen molar-refractivity contribution in [3.05, 3.63) is 42.4 Å². The fourth-order valence-corrected chi connectivity index (χ4v) is 2.85. The molecule has 0 radical (unpaired) electrons. The van der Waals surface area contributed by atoms with Crippen LogP contribution in [0.1, 0.15) is 18.9 Å². The van der Waals surface area contributed by atoms with Gasteiger partial charge < -0.3 is 15.0 Å². The SMILES string of the molecule is CCN(C[C@H]1CCOC1)C(=O)NCc1cccnc1-n1cccn1. The van der Waals surface area contributed by atoms with E-state index in [-0.39, 0.29) is 6.03 Å². The zero-order valence-electron chi connectivity index (χ0n) is 13.9. The van der Waals surface area contributed by atoms with Gasteiger partial charge in [0.25, 0.3) is 0 Å². The molecule has 7 heteroatoms. The second-order valence-corrected chi connectivity index (χ2v) is 5.86. The highest BCUT2D eigenvalue weighted by Gasteiger charge is 2.21. The summed E-state index contributed by atoms with van der Waals surface area (Å²) in [6, 6.07) is 5.60. The first-order chi connectivity index (χ1) is 11.8. The number of hydrogen-bond acceptors (Lipinski definition) is 4. The Bertz CT molecular complexity index is 653. The zero-order chi connectivity index (χ0) is 16.8. The standard InChI is InChI=1S/C17H23N5O2/c1-2-21(12-14-6-10-24-13-14)17(23)19-11-15-5-3-7-18-16(15)22-9-4-8-20-22/h3-5,7-9,14H,2,6,10-13H2,1H3,(H,19,23)/t14-/m1/s1. The molecule has 1 N–H and O–H groups in total. The van der Waals surface area contributed by atoms with Gasteiger partial charge in [0.2, 0.25) is 0 Å². The van der Waals surface area contributed by atoms with Crippen LogP contribution in [0.3, 0.4) is 0 Å². The van der Waals surface area contributed by atoms with Gasteiger partial charge in [0.05, 0.1) is 6.61 Å². The number of nitrogens with zero attached hydrogens (tertiary/aromatic N) is 4. The Morgan fingerprint density at radius 1 is 1.46 bits per heavy atom. The maximum absolute atomic E-state index is 12.5. The predicted molar refractivity (Wildman–Crippen MR) is 89.8 cm³/mol. The Morgan fingerprint density at radius 3 is 3.08 bits per heavy atom. The Kier molecular flexibility index (Phi) is 5.43. The molecule has 2 aromatic rings. The van der Waals surface area contributed by atoms with Crippen LogP contribution in [0.25, 0.3) is 5.82 Å². The van der Waals surface area contributed by atoms with Gasteiger partial charge >= 0.3 is 6.03 Å². The summed E-state index contributed by atoms with van der Waals surface area (Å²) < 4.78 is 7.10. The van der Waals surface area contributed by atoms with Crippen molar-refractivity contribution < 1.29 is 9.53 Å². The molecular formula is C17H23N5O2. The van der Waals surface area contributed by atoms with Crippen LogP contribution in [0, 0.1) is 5.92 Å². The highest BCUT2D eigenvalue weighted by Crippen LogP contribution is 2.14. The van der Waals surface area contributed by atoms with Crippen molar-refractivity contribution in [1.29, 1.82) is 0 Å². The zero-order valence-corrected chi connectivity index (χ0v) is 13.9. The van der Waals surface area contributed by atoms with Crippen LogP contribution in [-0.2, 0) is 11.3 Å². The Labute approximate surface area is 141 Å². The van der Waals surface area contributed by atoms with Crippen molar-refractivity contribution in [2.75, 3.05) is 26.3 Å². The quantitative estimate of drug-likeness (QED) is 0.878. The number of hydrogen-bond donors (Lipinski definition) is 1. The molecule has 3 rings (SSSR count). The molecule has 2 amide bonds. The lowest BCUT2D eigenvalue weighted by Crippen LogP contribution is -2.42. The van der Waals surface area contributed by atoms with Gasteiger partial charge in [0.15, 0.2) is 5.82 Å². The summed E-state index contributed by atoms with van der Waals surface area (Å²) in [4.78, 5) is 18.7. The third kappa shape index (κ3) is 3.91. The maximum Gasteiger partial charge on any atom is 0.317 e. The van der Waals surface area contributed by atoms with Crippen LogP contribution in [0.15, 0.2) is 36.8 Å². The fraction of sp³-hybridized carbons (Fsp3) is 0.471. The first-order valence-electron chi connectivity index (χ1n) is 8.32. The molecule has 1 aliphatic heterocycles. The van der Waals surface area contributed by atoms with E-state index in [2.05, 4.69) is 15.4 Å². The Balaban J connectivity index is 1.61. The van der Waals surface area contributed by atoms with Crippen molar-refractivity contribution in [2.24, 2.45) is 5.92 Å². The van der Waals surface area contributed by atoms with Crippen LogP contribution < -0.4 is 5.32 Å². The lowest BCUT2D eigenvalue weighted by atomic mass is 10.1. The largest absolute Gasteiger partial charge is 0.381 e. The van der Waals surface area contributed by atoms with Crippen molar-refractivity contribution in [1.82, 2.24) is 25.0 Å². The first kappa shape index (κ1) is 16.4. The number of urea groups is 1. The van der Waals surface area contributed by atoms with E-state index in [4.69, 9.17) is 4.74 Å². The van der Waals surface area contributed by atoms with Gasteiger partial charge in [-0.2, -0.15) is 5.10 Å². The summed E-state index contributed by atoms with van der Waals surface area (Å²) in [6.45, 7) is 5.37. The highest BCUT2D eigenvalue weighted by molar-refractivity contribution is 5.74. The predicted octanol–water partition coefficient (Wildman–Crippen LogP) is 1.84. The molecule has 0 aliphatic carbocycles. The molecule has 0 aromatic carbocycles. The van der Waals surface area contributed by atoms with E-state index >= 15 is 0 Å². The van der Waals surface area contributed by atoms with Gasteiger partial charge in [-0.25, -0.2) is 14.5 Å². The number of rotatable bonds is 6. The smallest absolute Gasteiger partial charge is 0.317 e. The molecule has 1 saturated heterocycles. The molecule has 0 unspecified atom stereocenters. The van der Waals surface area contributed by atoms with Crippen molar-refractivity contribution in [3.63, 3.8) is 0 Å². The average Bonchev–Trinajstić information content (AvgIpc) is 3.31.